The number of aromatic nitrogens is 1. The van der Waals surface area contributed by atoms with Crippen LogP contribution in [-0.4, -0.2) is 17.4 Å². The summed E-state index contributed by atoms with van der Waals surface area (Å²) >= 11 is 11.9. The Bertz CT molecular complexity index is 656. The van der Waals surface area contributed by atoms with Crippen LogP contribution in [0.15, 0.2) is 36.5 Å². The lowest BCUT2D eigenvalue weighted by Crippen LogP contribution is -2.14. The van der Waals surface area contributed by atoms with Crippen LogP contribution in [0.3, 0.4) is 0 Å². The molecule has 1 heterocycles. The van der Waals surface area contributed by atoms with E-state index >= 15 is 0 Å². The molecule has 0 aliphatic heterocycles. The molecule has 2 N–H and O–H groups in total. The fourth-order valence-electron chi connectivity index (χ4n) is 2.09. The van der Waals surface area contributed by atoms with E-state index in [-0.39, 0.29) is 5.91 Å². The molecule has 0 bridgehead atoms. The highest BCUT2D eigenvalue weighted by Gasteiger charge is 2.09. The van der Waals surface area contributed by atoms with Crippen molar-refractivity contribution in [2.24, 2.45) is 0 Å². The zero-order valence-electron chi connectivity index (χ0n) is 12.9. The highest BCUT2D eigenvalue weighted by atomic mass is 35.5. The van der Waals surface area contributed by atoms with E-state index in [1.165, 1.54) is 12.8 Å². The fraction of sp³-hybridized carbons (Fsp3) is 0.294. The van der Waals surface area contributed by atoms with Crippen LogP contribution in [0.4, 0.5) is 11.4 Å². The number of unbranched alkanes of at least 4 members (excludes halogenated alkanes) is 2. The van der Waals surface area contributed by atoms with Gasteiger partial charge in [0.25, 0.3) is 5.91 Å². The first-order valence-electron chi connectivity index (χ1n) is 7.56. The van der Waals surface area contributed by atoms with E-state index in [2.05, 4.69) is 22.5 Å². The van der Waals surface area contributed by atoms with Gasteiger partial charge in [-0.15, -0.1) is 0 Å². The van der Waals surface area contributed by atoms with Gasteiger partial charge in [0, 0.05) is 34.2 Å². The summed E-state index contributed by atoms with van der Waals surface area (Å²) in [5.74, 6) is -0.305. The number of pyridine rings is 1. The van der Waals surface area contributed by atoms with E-state index in [4.69, 9.17) is 23.2 Å². The molecule has 0 saturated heterocycles. The first kappa shape index (κ1) is 17.6. The standard InChI is InChI=1S/C17H19Cl2N3O/c1-2-3-4-6-20-14-5-7-21-16(11-14)17(23)22-15-9-12(18)8-13(19)10-15/h5,7-11H,2-4,6H2,1H3,(H,20,21)(H,22,23). The van der Waals surface area contributed by atoms with Gasteiger partial charge in [-0.25, -0.2) is 0 Å². The van der Waals surface area contributed by atoms with E-state index in [0.717, 1.165) is 18.7 Å². The normalized spacial score (nSPS) is 10.4. The summed E-state index contributed by atoms with van der Waals surface area (Å²) in [5, 5.41) is 6.97. The first-order valence-corrected chi connectivity index (χ1v) is 8.31. The number of hydrogen-bond donors (Lipinski definition) is 2. The summed E-state index contributed by atoms with van der Waals surface area (Å²) in [7, 11) is 0. The van der Waals surface area contributed by atoms with E-state index in [1.807, 2.05) is 6.07 Å². The molecule has 4 nitrogen and oxygen atoms in total. The van der Waals surface area contributed by atoms with Crippen molar-refractivity contribution in [3.05, 3.63) is 52.3 Å². The average molecular weight is 352 g/mol. The number of anilines is 2. The van der Waals surface area contributed by atoms with Crippen molar-refractivity contribution in [2.75, 3.05) is 17.2 Å². The molecular weight excluding hydrogens is 333 g/mol. The predicted octanol–water partition coefficient (Wildman–Crippen LogP) is 5.24. The Morgan fingerprint density at radius 1 is 1.09 bits per heavy atom. The third kappa shape index (κ3) is 5.73. The largest absolute Gasteiger partial charge is 0.385 e. The van der Waals surface area contributed by atoms with Gasteiger partial charge in [0.1, 0.15) is 5.69 Å². The van der Waals surface area contributed by atoms with Crippen molar-refractivity contribution in [3.63, 3.8) is 0 Å². The molecule has 0 aliphatic carbocycles. The lowest BCUT2D eigenvalue weighted by atomic mass is 10.2. The Balaban J connectivity index is 2.01. The molecule has 0 spiro atoms. The van der Waals surface area contributed by atoms with Crippen molar-refractivity contribution in [1.29, 1.82) is 0 Å². The maximum Gasteiger partial charge on any atom is 0.274 e. The quantitative estimate of drug-likeness (QED) is 0.670. The van der Waals surface area contributed by atoms with Crippen molar-refractivity contribution in [1.82, 2.24) is 4.98 Å². The zero-order chi connectivity index (χ0) is 16.7. The van der Waals surface area contributed by atoms with Crippen LogP contribution in [0, 0.1) is 0 Å². The zero-order valence-corrected chi connectivity index (χ0v) is 14.4. The maximum atomic E-state index is 12.3. The number of nitrogens with zero attached hydrogens (tertiary/aromatic N) is 1. The second-order valence-corrected chi connectivity index (χ2v) is 6.05. The minimum Gasteiger partial charge on any atom is -0.385 e. The van der Waals surface area contributed by atoms with Gasteiger partial charge < -0.3 is 10.6 Å². The van der Waals surface area contributed by atoms with Crippen LogP contribution in [0.2, 0.25) is 10.0 Å². The Kier molecular flexibility index (Phi) is 6.68. The van der Waals surface area contributed by atoms with Crippen LogP contribution in [0.5, 0.6) is 0 Å². The smallest absolute Gasteiger partial charge is 0.274 e. The number of carbonyl (C=O) groups excluding carboxylic acids is 1. The maximum absolute atomic E-state index is 12.3. The van der Waals surface area contributed by atoms with E-state index in [9.17, 15) is 4.79 Å². The highest BCUT2D eigenvalue weighted by Crippen LogP contribution is 2.23. The van der Waals surface area contributed by atoms with Gasteiger partial charge in [0.2, 0.25) is 0 Å². The predicted molar refractivity (Wildman–Crippen MR) is 96.7 cm³/mol. The van der Waals surface area contributed by atoms with Gasteiger partial charge in [-0.05, 0) is 36.8 Å². The Labute approximate surface area is 146 Å². The fourth-order valence-corrected chi connectivity index (χ4v) is 2.62. The number of halogens is 2. The van der Waals surface area contributed by atoms with Gasteiger partial charge in [-0.1, -0.05) is 43.0 Å². The Morgan fingerprint density at radius 3 is 2.52 bits per heavy atom. The molecule has 0 saturated carbocycles. The minimum atomic E-state index is -0.305. The number of carbonyl (C=O) groups is 1. The summed E-state index contributed by atoms with van der Waals surface area (Å²) in [5.41, 5.74) is 1.75. The highest BCUT2D eigenvalue weighted by molar-refractivity contribution is 6.35. The second-order valence-electron chi connectivity index (χ2n) is 5.18. The Hall–Kier alpha value is -1.78. The van der Waals surface area contributed by atoms with Crippen molar-refractivity contribution in [3.8, 4) is 0 Å². The van der Waals surface area contributed by atoms with E-state index < -0.39 is 0 Å². The van der Waals surface area contributed by atoms with Crippen LogP contribution in [0.1, 0.15) is 36.7 Å². The molecular formula is C17H19Cl2N3O. The van der Waals surface area contributed by atoms with Gasteiger partial charge >= 0.3 is 0 Å². The van der Waals surface area contributed by atoms with Gasteiger partial charge in [-0.2, -0.15) is 0 Å². The lowest BCUT2D eigenvalue weighted by Gasteiger charge is -2.09. The van der Waals surface area contributed by atoms with E-state index in [0.29, 0.717) is 21.4 Å². The molecule has 122 valence electrons. The topological polar surface area (TPSA) is 54.0 Å². The minimum absolute atomic E-state index is 0.305. The number of amides is 1. The molecule has 1 aromatic heterocycles. The Morgan fingerprint density at radius 2 is 1.83 bits per heavy atom. The molecule has 2 rings (SSSR count). The number of nitrogens with one attached hydrogen (secondary N) is 2. The third-order valence-electron chi connectivity index (χ3n) is 3.22. The molecule has 0 atom stereocenters. The van der Waals surface area contributed by atoms with Crippen molar-refractivity contribution < 1.29 is 4.79 Å². The molecule has 0 aliphatic rings. The number of benzene rings is 1. The molecule has 2 aromatic rings. The molecule has 0 unspecified atom stereocenters. The summed E-state index contributed by atoms with van der Waals surface area (Å²) < 4.78 is 0. The molecule has 0 fully saturated rings. The van der Waals surface area contributed by atoms with Crippen molar-refractivity contribution >= 4 is 40.5 Å². The molecule has 1 amide bonds. The number of rotatable bonds is 7. The van der Waals surface area contributed by atoms with E-state index in [1.54, 1.807) is 30.5 Å². The third-order valence-corrected chi connectivity index (χ3v) is 3.66. The summed E-state index contributed by atoms with van der Waals surface area (Å²) in [4.78, 5) is 16.4. The van der Waals surface area contributed by atoms with Crippen molar-refractivity contribution in [2.45, 2.75) is 26.2 Å². The molecule has 0 radical (unpaired) electrons. The first-order chi connectivity index (χ1) is 11.1. The van der Waals surface area contributed by atoms with Gasteiger partial charge in [0.05, 0.1) is 0 Å². The second kappa shape index (κ2) is 8.75. The summed E-state index contributed by atoms with van der Waals surface area (Å²) in [6.07, 6.45) is 5.07. The van der Waals surface area contributed by atoms with Crippen LogP contribution in [0.25, 0.3) is 0 Å². The summed E-state index contributed by atoms with van der Waals surface area (Å²) in [6.45, 7) is 3.04. The van der Waals surface area contributed by atoms with Crippen LogP contribution >= 0.6 is 23.2 Å². The summed E-state index contributed by atoms with van der Waals surface area (Å²) in [6, 6.07) is 8.46. The molecule has 6 heteroatoms. The number of hydrogen-bond acceptors (Lipinski definition) is 3. The van der Waals surface area contributed by atoms with Crippen LogP contribution in [-0.2, 0) is 0 Å². The van der Waals surface area contributed by atoms with Gasteiger partial charge in [0.15, 0.2) is 0 Å². The molecule has 1 aromatic carbocycles. The lowest BCUT2D eigenvalue weighted by molar-refractivity contribution is 0.102. The SMILES string of the molecule is CCCCCNc1ccnc(C(=O)Nc2cc(Cl)cc(Cl)c2)c1. The van der Waals surface area contributed by atoms with Gasteiger partial charge in [-0.3, -0.25) is 9.78 Å². The monoisotopic (exact) mass is 351 g/mol. The molecule has 23 heavy (non-hydrogen) atoms. The van der Waals surface area contributed by atoms with Crippen LogP contribution < -0.4 is 10.6 Å². The average Bonchev–Trinajstić information content (AvgIpc) is 2.51.